The van der Waals surface area contributed by atoms with Crippen molar-refractivity contribution in [1.29, 1.82) is 0 Å². The van der Waals surface area contributed by atoms with Gasteiger partial charge in [-0.1, -0.05) is 50.0 Å². The van der Waals surface area contributed by atoms with Gasteiger partial charge in [-0.3, -0.25) is 0 Å². The van der Waals surface area contributed by atoms with E-state index in [2.05, 4.69) is 37.1 Å². The Hall–Kier alpha value is -1.22. The molecular weight excluding hydrogens is 192 g/mol. The van der Waals surface area contributed by atoms with Crippen LogP contribution >= 0.6 is 0 Å². The molecule has 0 heterocycles. The first-order valence-corrected chi connectivity index (χ1v) is 6.34. The van der Waals surface area contributed by atoms with E-state index in [1.54, 1.807) is 0 Å². The smallest absolute Gasteiger partial charge is 0.00989 e. The molecule has 0 bridgehead atoms. The van der Waals surface area contributed by atoms with Gasteiger partial charge in [0.2, 0.25) is 0 Å². The van der Waals surface area contributed by atoms with Crippen molar-refractivity contribution >= 4 is 0 Å². The summed E-state index contributed by atoms with van der Waals surface area (Å²) in [6, 6.07) is 9.02. The van der Waals surface area contributed by atoms with E-state index in [0.29, 0.717) is 0 Å². The van der Waals surface area contributed by atoms with Crippen LogP contribution in [0.3, 0.4) is 0 Å². The molecule has 0 unspecified atom stereocenters. The van der Waals surface area contributed by atoms with Crippen LogP contribution in [0.2, 0.25) is 0 Å². The van der Waals surface area contributed by atoms with Crippen LogP contribution in [-0.4, -0.2) is 0 Å². The second-order valence-corrected chi connectivity index (χ2v) is 4.30. The van der Waals surface area contributed by atoms with Crippen molar-refractivity contribution in [2.24, 2.45) is 0 Å². The summed E-state index contributed by atoms with van der Waals surface area (Å²) in [5, 5.41) is 0. The van der Waals surface area contributed by atoms with Crippen molar-refractivity contribution < 1.29 is 0 Å². The minimum Gasteiger partial charge on any atom is -0.0891 e. The van der Waals surface area contributed by atoms with Gasteiger partial charge in [0.15, 0.2) is 0 Å². The third-order valence-electron chi connectivity index (χ3n) is 2.83. The largest absolute Gasteiger partial charge is 0.0891 e. The zero-order valence-corrected chi connectivity index (χ0v) is 10.3. The fraction of sp³-hybridized carbons (Fsp3) is 0.500. The molecule has 0 aliphatic carbocycles. The molecule has 16 heavy (non-hydrogen) atoms. The van der Waals surface area contributed by atoms with E-state index < -0.39 is 0 Å². The Kier molecular flexibility index (Phi) is 6.42. The predicted octanol–water partition coefficient (Wildman–Crippen LogP) is 4.33. The third-order valence-corrected chi connectivity index (χ3v) is 2.83. The van der Waals surface area contributed by atoms with E-state index in [9.17, 15) is 0 Å². The van der Waals surface area contributed by atoms with E-state index in [1.165, 1.54) is 43.2 Å². The lowest BCUT2D eigenvalue weighted by Crippen LogP contribution is -1.88. The molecule has 0 N–H and O–H groups in total. The van der Waals surface area contributed by atoms with Gasteiger partial charge in [0.05, 0.1) is 0 Å². The molecule has 0 saturated carbocycles. The summed E-state index contributed by atoms with van der Waals surface area (Å²) in [4.78, 5) is 0. The lowest BCUT2D eigenvalue weighted by molar-refractivity contribution is 0.692. The Morgan fingerprint density at radius 2 is 1.56 bits per heavy atom. The molecular formula is C16H21. The topological polar surface area (TPSA) is 0 Å². The predicted molar refractivity (Wildman–Crippen MR) is 69.7 cm³/mol. The first-order chi connectivity index (χ1) is 7.86. The molecule has 1 rings (SSSR count). The summed E-state index contributed by atoms with van der Waals surface area (Å²) in [7, 11) is 0. The molecule has 0 nitrogen and oxygen atoms in total. The van der Waals surface area contributed by atoms with Crippen molar-refractivity contribution in [1.82, 2.24) is 0 Å². The number of aryl methyl sites for hydroxylation is 2. The average Bonchev–Trinajstić information content (AvgIpc) is 2.31. The summed E-state index contributed by atoms with van der Waals surface area (Å²) in [6.07, 6.45) is 14.8. The maximum Gasteiger partial charge on any atom is 0.00989 e. The van der Waals surface area contributed by atoms with Crippen molar-refractivity contribution in [2.45, 2.75) is 51.9 Å². The maximum absolute atomic E-state index is 6.82. The van der Waals surface area contributed by atoms with Crippen LogP contribution in [0.25, 0.3) is 0 Å². The van der Waals surface area contributed by atoms with Crippen molar-refractivity contribution in [3.8, 4) is 5.92 Å². The Morgan fingerprint density at radius 1 is 0.938 bits per heavy atom. The third kappa shape index (κ3) is 5.03. The number of hydrogen-bond acceptors (Lipinski definition) is 0. The van der Waals surface area contributed by atoms with E-state index in [0.717, 1.165) is 12.8 Å². The Balaban J connectivity index is 2.24. The number of unbranched alkanes of at least 4 members (excludes halogenated alkanes) is 3. The zero-order chi connectivity index (χ0) is 11.6. The zero-order valence-electron chi connectivity index (χ0n) is 10.3. The van der Waals surface area contributed by atoms with Crippen LogP contribution in [0, 0.1) is 12.3 Å². The SMILES string of the molecule is [C]#CCCCCCc1ccc(CCC)cc1. The van der Waals surface area contributed by atoms with Gasteiger partial charge in [-0.15, -0.1) is 0 Å². The van der Waals surface area contributed by atoms with Gasteiger partial charge < -0.3 is 0 Å². The van der Waals surface area contributed by atoms with Gasteiger partial charge in [0.25, 0.3) is 0 Å². The summed E-state index contributed by atoms with van der Waals surface area (Å²) in [6.45, 7) is 2.22. The molecule has 1 radical (unpaired) electrons. The molecule has 0 atom stereocenters. The van der Waals surface area contributed by atoms with Gasteiger partial charge >= 0.3 is 0 Å². The Bertz CT molecular complexity index is 313. The molecule has 0 fully saturated rings. The van der Waals surface area contributed by atoms with Gasteiger partial charge in [-0.05, 0) is 43.2 Å². The highest BCUT2D eigenvalue weighted by Gasteiger charge is 1.95. The van der Waals surface area contributed by atoms with Crippen molar-refractivity contribution in [3.05, 3.63) is 41.8 Å². The van der Waals surface area contributed by atoms with Gasteiger partial charge in [0.1, 0.15) is 0 Å². The molecule has 0 aliphatic rings. The van der Waals surface area contributed by atoms with E-state index in [1.807, 2.05) is 0 Å². The minimum atomic E-state index is 0.815. The minimum absolute atomic E-state index is 0.815. The normalized spacial score (nSPS) is 10.0. The van der Waals surface area contributed by atoms with Crippen LogP contribution < -0.4 is 0 Å². The lowest BCUT2D eigenvalue weighted by atomic mass is 10.0. The van der Waals surface area contributed by atoms with Crippen LogP contribution in [0.15, 0.2) is 24.3 Å². The van der Waals surface area contributed by atoms with Gasteiger partial charge in [-0.25, -0.2) is 0 Å². The van der Waals surface area contributed by atoms with Crippen molar-refractivity contribution in [3.63, 3.8) is 0 Å². The Labute approximate surface area is 100 Å². The number of rotatable bonds is 7. The first-order valence-electron chi connectivity index (χ1n) is 6.34. The second-order valence-electron chi connectivity index (χ2n) is 4.30. The summed E-state index contributed by atoms with van der Waals surface area (Å²) < 4.78 is 0. The summed E-state index contributed by atoms with van der Waals surface area (Å²) in [5.41, 5.74) is 2.89. The fourth-order valence-electron chi connectivity index (χ4n) is 1.88. The fourth-order valence-corrected chi connectivity index (χ4v) is 1.88. The summed E-state index contributed by atoms with van der Waals surface area (Å²) in [5.74, 6) is 2.44. The van der Waals surface area contributed by atoms with Crippen molar-refractivity contribution in [2.75, 3.05) is 0 Å². The first kappa shape index (κ1) is 12.8. The number of benzene rings is 1. The van der Waals surface area contributed by atoms with E-state index in [4.69, 9.17) is 6.42 Å². The van der Waals surface area contributed by atoms with Crippen LogP contribution in [0.5, 0.6) is 0 Å². The Morgan fingerprint density at radius 3 is 2.12 bits per heavy atom. The van der Waals surface area contributed by atoms with E-state index in [-0.39, 0.29) is 0 Å². The standard InChI is InChI=1S/C16H21/c1-3-5-6-7-8-10-16-13-11-15(9-4-2)12-14-16/h11-14H,4-10H2,2H3. The highest BCUT2D eigenvalue weighted by molar-refractivity contribution is 5.22. The van der Waals surface area contributed by atoms with Crippen LogP contribution in [-0.2, 0) is 12.8 Å². The molecule has 0 aliphatic heterocycles. The molecule has 85 valence electrons. The highest BCUT2D eigenvalue weighted by Crippen LogP contribution is 2.10. The van der Waals surface area contributed by atoms with Crippen LogP contribution in [0.4, 0.5) is 0 Å². The molecule has 0 aromatic heterocycles. The summed E-state index contributed by atoms with van der Waals surface area (Å²) >= 11 is 0. The molecule has 0 heteroatoms. The highest BCUT2D eigenvalue weighted by atomic mass is 14.0. The van der Waals surface area contributed by atoms with Gasteiger partial charge in [-0.2, -0.15) is 0 Å². The van der Waals surface area contributed by atoms with Gasteiger partial charge in [0, 0.05) is 6.42 Å². The molecule has 1 aromatic rings. The quantitative estimate of drug-likeness (QED) is 0.467. The number of hydrogen-bond donors (Lipinski definition) is 0. The molecule has 0 saturated heterocycles. The second kappa shape index (κ2) is 7.99. The lowest BCUT2D eigenvalue weighted by Gasteiger charge is -2.03. The van der Waals surface area contributed by atoms with Crippen LogP contribution in [0.1, 0.15) is 50.2 Å². The molecule has 1 aromatic carbocycles. The average molecular weight is 213 g/mol. The molecule has 0 amide bonds. The molecule has 0 spiro atoms. The van der Waals surface area contributed by atoms with E-state index >= 15 is 0 Å². The monoisotopic (exact) mass is 213 g/mol. The maximum atomic E-state index is 6.82.